The summed E-state index contributed by atoms with van der Waals surface area (Å²) in [6, 6.07) is 2.31. The van der Waals surface area contributed by atoms with E-state index in [1.807, 2.05) is 0 Å². The molecule has 3 atom stereocenters. The summed E-state index contributed by atoms with van der Waals surface area (Å²) < 4.78 is 5.24. The molecule has 1 aliphatic carbocycles. The van der Waals surface area contributed by atoms with Crippen LogP contribution in [-0.2, 0) is 0 Å². The second-order valence-electron chi connectivity index (χ2n) is 5.03. The molecule has 2 rings (SSSR count). The smallest absolute Gasteiger partial charge is 0.129 e. The van der Waals surface area contributed by atoms with E-state index in [0.29, 0.717) is 5.92 Å². The molecule has 0 radical (unpaired) electrons. The minimum Gasteiger partial charge on any atom is -0.496 e. The number of methoxy groups -OCH3 is 1. The lowest BCUT2D eigenvalue weighted by Crippen LogP contribution is -2.29. The molecule has 1 fully saturated rings. The second-order valence-corrected chi connectivity index (χ2v) is 5.97. The van der Waals surface area contributed by atoms with Crippen molar-refractivity contribution < 1.29 is 4.74 Å². The zero-order chi connectivity index (χ0) is 12.3. The van der Waals surface area contributed by atoms with E-state index in [1.54, 1.807) is 18.4 Å². The summed E-state index contributed by atoms with van der Waals surface area (Å²) in [4.78, 5) is 1.28. The second kappa shape index (κ2) is 5.87. The average molecular weight is 253 g/mol. The molecule has 0 aromatic carbocycles. The average Bonchev–Trinajstić information content (AvgIpc) is 2.86. The third kappa shape index (κ3) is 2.83. The summed E-state index contributed by atoms with van der Waals surface area (Å²) in [7, 11) is 1.72. The molecular formula is C14H23NOS. The predicted molar refractivity (Wildman–Crippen MR) is 73.5 cm³/mol. The van der Waals surface area contributed by atoms with Crippen LogP contribution in [0.25, 0.3) is 0 Å². The van der Waals surface area contributed by atoms with Crippen LogP contribution in [0.5, 0.6) is 5.75 Å². The number of nitrogens with two attached hydrogens (primary N) is 1. The predicted octanol–water partition coefficient (Wildman–Crippen LogP) is 3.97. The van der Waals surface area contributed by atoms with Crippen LogP contribution >= 0.6 is 11.3 Å². The third-order valence-corrected chi connectivity index (χ3v) is 5.13. The molecule has 17 heavy (non-hydrogen) atoms. The zero-order valence-electron chi connectivity index (χ0n) is 10.8. The Morgan fingerprint density at radius 2 is 2.24 bits per heavy atom. The van der Waals surface area contributed by atoms with Gasteiger partial charge in [0, 0.05) is 16.3 Å². The molecular weight excluding hydrogens is 230 g/mol. The van der Waals surface area contributed by atoms with Gasteiger partial charge in [0.2, 0.25) is 0 Å². The van der Waals surface area contributed by atoms with Gasteiger partial charge in [0.1, 0.15) is 5.75 Å². The van der Waals surface area contributed by atoms with Crippen LogP contribution in [-0.4, -0.2) is 7.11 Å². The quantitative estimate of drug-likeness (QED) is 0.881. The van der Waals surface area contributed by atoms with Crippen molar-refractivity contribution in [2.45, 2.75) is 45.1 Å². The lowest BCUT2D eigenvalue weighted by molar-refractivity contribution is 0.198. The lowest BCUT2D eigenvalue weighted by Gasteiger charge is -2.34. The van der Waals surface area contributed by atoms with Crippen LogP contribution in [0, 0.1) is 11.8 Å². The molecule has 0 spiro atoms. The largest absolute Gasteiger partial charge is 0.496 e. The van der Waals surface area contributed by atoms with Gasteiger partial charge in [0.25, 0.3) is 0 Å². The van der Waals surface area contributed by atoms with Crippen LogP contribution in [0.1, 0.15) is 49.9 Å². The normalized spacial score (nSPS) is 26.8. The monoisotopic (exact) mass is 253 g/mol. The van der Waals surface area contributed by atoms with Gasteiger partial charge in [-0.2, -0.15) is 0 Å². The van der Waals surface area contributed by atoms with E-state index in [2.05, 4.69) is 18.4 Å². The molecule has 1 aromatic heterocycles. The highest BCUT2D eigenvalue weighted by Gasteiger charge is 2.30. The van der Waals surface area contributed by atoms with Gasteiger partial charge >= 0.3 is 0 Å². The Bertz CT molecular complexity index is 350. The highest BCUT2D eigenvalue weighted by atomic mass is 32.1. The van der Waals surface area contributed by atoms with Crippen molar-refractivity contribution in [3.8, 4) is 5.75 Å². The van der Waals surface area contributed by atoms with Crippen LogP contribution in [0.3, 0.4) is 0 Å². The van der Waals surface area contributed by atoms with E-state index in [-0.39, 0.29) is 6.04 Å². The summed E-state index contributed by atoms with van der Waals surface area (Å²) in [5.41, 5.74) is 6.46. The van der Waals surface area contributed by atoms with Gasteiger partial charge in [-0.05, 0) is 24.3 Å². The Morgan fingerprint density at radius 3 is 2.88 bits per heavy atom. The molecule has 3 unspecified atom stereocenters. The van der Waals surface area contributed by atoms with Crippen LogP contribution in [0.15, 0.2) is 11.4 Å². The zero-order valence-corrected chi connectivity index (χ0v) is 11.6. The molecule has 0 amide bonds. The number of ether oxygens (including phenoxy) is 1. The fraction of sp³-hybridized carbons (Fsp3) is 0.714. The van der Waals surface area contributed by atoms with Gasteiger partial charge in [-0.3, -0.25) is 0 Å². The molecule has 2 nitrogen and oxygen atoms in total. The van der Waals surface area contributed by atoms with Crippen molar-refractivity contribution in [2.75, 3.05) is 7.11 Å². The van der Waals surface area contributed by atoms with Crippen LogP contribution in [0.4, 0.5) is 0 Å². The van der Waals surface area contributed by atoms with Crippen molar-refractivity contribution in [1.29, 1.82) is 0 Å². The third-order valence-electron chi connectivity index (χ3n) is 4.11. The first-order chi connectivity index (χ1) is 8.26. The molecule has 0 aliphatic heterocycles. The van der Waals surface area contributed by atoms with Crippen LogP contribution < -0.4 is 10.5 Å². The van der Waals surface area contributed by atoms with Gasteiger partial charge in [0.05, 0.1) is 7.11 Å². The molecule has 0 saturated heterocycles. The SMILES string of the molecule is CCC1CCCCC1C(N)c1cc(OC)cs1. The van der Waals surface area contributed by atoms with E-state index in [9.17, 15) is 0 Å². The first-order valence-corrected chi connectivity index (χ1v) is 7.52. The Balaban J connectivity index is 2.09. The first kappa shape index (κ1) is 12.9. The van der Waals surface area contributed by atoms with Crippen molar-refractivity contribution in [2.24, 2.45) is 17.6 Å². The van der Waals surface area contributed by atoms with E-state index >= 15 is 0 Å². The maximum Gasteiger partial charge on any atom is 0.129 e. The Hall–Kier alpha value is -0.540. The molecule has 96 valence electrons. The maximum atomic E-state index is 6.46. The standard InChI is InChI=1S/C14H23NOS/c1-3-10-6-4-5-7-12(10)14(15)13-8-11(16-2)9-17-13/h8-10,12,14H,3-7,15H2,1-2H3. The topological polar surface area (TPSA) is 35.2 Å². The minimum atomic E-state index is 0.203. The summed E-state index contributed by atoms with van der Waals surface area (Å²) >= 11 is 1.74. The van der Waals surface area contributed by atoms with E-state index in [1.165, 1.54) is 37.0 Å². The highest BCUT2D eigenvalue weighted by molar-refractivity contribution is 7.10. The van der Waals surface area contributed by atoms with E-state index in [0.717, 1.165) is 11.7 Å². The highest BCUT2D eigenvalue weighted by Crippen LogP contribution is 2.41. The number of hydrogen-bond donors (Lipinski definition) is 1. The number of thiophene rings is 1. The number of hydrogen-bond acceptors (Lipinski definition) is 3. The molecule has 1 aromatic rings. The van der Waals surface area contributed by atoms with Crippen molar-refractivity contribution in [3.63, 3.8) is 0 Å². The molecule has 3 heteroatoms. The summed E-state index contributed by atoms with van der Waals surface area (Å²) in [5.74, 6) is 2.42. The molecule has 1 heterocycles. The fourth-order valence-electron chi connectivity index (χ4n) is 3.04. The molecule has 2 N–H and O–H groups in total. The Morgan fingerprint density at radius 1 is 1.47 bits per heavy atom. The minimum absolute atomic E-state index is 0.203. The van der Waals surface area contributed by atoms with E-state index in [4.69, 9.17) is 10.5 Å². The molecule has 0 bridgehead atoms. The van der Waals surface area contributed by atoms with Gasteiger partial charge in [-0.15, -0.1) is 11.3 Å². The summed E-state index contributed by atoms with van der Waals surface area (Å²) in [6.07, 6.45) is 6.64. The summed E-state index contributed by atoms with van der Waals surface area (Å²) in [6.45, 7) is 2.30. The Kier molecular flexibility index (Phi) is 4.46. The van der Waals surface area contributed by atoms with Crippen molar-refractivity contribution in [3.05, 3.63) is 16.3 Å². The van der Waals surface area contributed by atoms with Crippen molar-refractivity contribution in [1.82, 2.24) is 0 Å². The first-order valence-electron chi connectivity index (χ1n) is 6.64. The fourth-order valence-corrected chi connectivity index (χ4v) is 3.98. The van der Waals surface area contributed by atoms with Crippen molar-refractivity contribution >= 4 is 11.3 Å². The van der Waals surface area contributed by atoms with Gasteiger partial charge in [0.15, 0.2) is 0 Å². The van der Waals surface area contributed by atoms with Gasteiger partial charge in [-0.1, -0.05) is 32.6 Å². The number of rotatable bonds is 4. The van der Waals surface area contributed by atoms with Gasteiger partial charge < -0.3 is 10.5 Å². The summed E-state index contributed by atoms with van der Waals surface area (Å²) in [5, 5.41) is 2.05. The van der Waals surface area contributed by atoms with Gasteiger partial charge in [-0.25, -0.2) is 0 Å². The van der Waals surface area contributed by atoms with Crippen LogP contribution in [0.2, 0.25) is 0 Å². The van der Waals surface area contributed by atoms with E-state index < -0.39 is 0 Å². The molecule has 1 aliphatic rings. The Labute approximate surface area is 108 Å². The maximum absolute atomic E-state index is 6.46. The molecule has 1 saturated carbocycles. The lowest BCUT2D eigenvalue weighted by atomic mass is 9.74.